The smallest absolute Gasteiger partial charge is 0.261 e. The zero-order valence-electron chi connectivity index (χ0n) is 17.0. The van der Waals surface area contributed by atoms with E-state index in [9.17, 15) is 4.79 Å². The fourth-order valence-electron chi connectivity index (χ4n) is 5.02. The van der Waals surface area contributed by atoms with E-state index in [-0.39, 0.29) is 11.5 Å². The minimum atomic E-state index is -0.179. The van der Waals surface area contributed by atoms with Crippen molar-refractivity contribution in [2.45, 2.75) is 43.9 Å². The highest BCUT2D eigenvalue weighted by atomic mass is 32.1. The Morgan fingerprint density at radius 1 is 1.31 bits per heavy atom. The van der Waals surface area contributed by atoms with Gasteiger partial charge in [0.15, 0.2) is 0 Å². The number of amides is 1. The van der Waals surface area contributed by atoms with E-state index in [1.807, 2.05) is 0 Å². The lowest BCUT2D eigenvalue weighted by atomic mass is 9.83. The van der Waals surface area contributed by atoms with Gasteiger partial charge in [-0.25, -0.2) is 0 Å². The molecule has 2 N–H and O–H groups in total. The first-order chi connectivity index (χ1) is 14.1. The number of hydrogen-bond acceptors (Lipinski definition) is 5. The summed E-state index contributed by atoms with van der Waals surface area (Å²) < 4.78 is 6.26. The molecule has 1 spiro atoms. The van der Waals surface area contributed by atoms with Crippen LogP contribution in [0.25, 0.3) is 0 Å². The molecule has 5 rings (SSSR count). The number of thiophene rings is 1. The summed E-state index contributed by atoms with van der Waals surface area (Å²) in [6.07, 6.45) is 3.89. The molecule has 29 heavy (non-hydrogen) atoms. The van der Waals surface area contributed by atoms with E-state index >= 15 is 0 Å². The number of likely N-dealkylation sites (N-methyl/N-ethyl adjacent to an activating group) is 1. The van der Waals surface area contributed by atoms with Gasteiger partial charge in [0.05, 0.1) is 17.1 Å². The lowest BCUT2D eigenvalue weighted by molar-refractivity contribution is -0.0792. The third-order valence-electron chi connectivity index (χ3n) is 6.76. The van der Waals surface area contributed by atoms with Crippen LogP contribution in [0.4, 0.5) is 0 Å². The number of benzene rings is 1. The molecule has 1 atom stereocenters. The Kier molecular flexibility index (Phi) is 5.20. The molecule has 1 fully saturated rings. The number of hydrogen-bond donors (Lipinski definition) is 2. The summed E-state index contributed by atoms with van der Waals surface area (Å²) >= 11 is 1.66. The first-order valence-electron chi connectivity index (χ1n) is 10.7. The molecule has 1 aromatic heterocycles. The van der Waals surface area contributed by atoms with Crippen molar-refractivity contribution in [1.29, 1.82) is 0 Å². The minimum absolute atomic E-state index is 0.0562. The second-order valence-corrected chi connectivity index (χ2v) is 9.68. The summed E-state index contributed by atoms with van der Waals surface area (Å²) in [6, 6.07) is 11.1. The number of fused-ring (bicyclic) bond motifs is 3. The van der Waals surface area contributed by atoms with E-state index in [2.05, 4.69) is 52.9 Å². The van der Waals surface area contributed by atoms with E-state index in [1.54, 1.807) is 11.3 Å². The highest BCUT2D eigenvalue weighted by Crippen LogP contribution is 2.43. The van der Waals surface area contributed by atoms with Crippen LogP contribution in [0.3, 0.4) is 0 Å². The molecule has 0 aliphatic carbocycles. The maximum absolute atomic E-state index is 13.0. The van der Waals surface area contributed by atoms with Gasteiger partial charge < -0.3 is 15.4 Å². The Morgan fingerprint density at radius 3 is 2.93 bits per heavy atom. The maximum atomic E-state index is 13.0. The van der Waals surface area contributed by atoms with Gasteiger partial charge in [-0.15, -0.1) is 11.3 Å². The Hall–Kier alpha value is -1.73. The van der Waals surface area contributed by atoms with Crippen molar-refractivity contribution in [3.05, 3.63) is 56.8 Å². The second kappa shape index (κ2) is 7.84. The third-order valence-corrected chi connectivity index (χ3v) is 7.95. The number of ether oxygens (including phenoxy) is 1. The second-order valence-electron chi connectivity index (χ2n) is 8.54. The molecule has 1 amide bonds. The Balaban J connectivity index is 1.28. The summed E-state index contributed by atoms with van der Waals surface area (Å²) in [5.41, 5.74) is 3.89. The monoisotopic (exact) mass is 411 g/mol. The number of piperidine rings is 1. The highest BCUT2D eigenvalue weighted by molar-refractivity contribution is 7.14. The highest BCUT2D eigenvalue weighted by Gasteiger charge is 2.40. The standard InChI is InChI=1S/C23H29N3O2S/c1-26-15-17-5-3-2-4-16(17)12-18(26)14-25-22(27)21-13-19-20(29-21)6-11-28-23(19)7-9-24-10-8-23/h2-5,13,18,24H,6-12,14-15H2,1H3,(H,25,27). The maximum Gasteiger partial charge on any atom is 0.261 e. The van der Waals surface area contributed by atoms with E-state index < -0.39 is 0 Å². The molecule has 4 heterocycles. The van der Waals surface area contributed by atoms with E-state index in [4.69, 9.17) is 4.74 Å². The molecule has 154 valence electrons. The average molecular weight is 412 g/mol. The topological polar surface area (TPSA) is 53.6 Å². The lowest BCUT2D eigenvalue weighted by Crippen LogP contribution is -2.45. The number of nitrogens with one attached hydrogen (secondary N) is 2. The Morgan fingerprint density at radius 2 is 2.10 bits per heavy atom. The van der Waals surface area contributed by atoms with Crippen LogP contribution in [0.15, 0.2) is 30.3 Å². The number of carbonyl (C=O) groups is 1. The van der Waals surface area contributed by atoms with Gasteiger partial charge in [-0.1, -0.05) is 24.3 Å². The molecule has 0 bridgehead atoms. The van der Waals surface area contributed by atoms with Gasteiger partial charge in [0, 0.05) is 30.4 Å². The number of rotatable bonds is 3. The van der Waals surface area contributed by atoms with Gasteiger partial charge in [-0.05, 0) is 62.2 Å². The summed E-state index contributed by atoms with van der Waals surface area (Å²) in [5.74, 6) is 0.0562. The van der Waals surface area contributed by atoms with Gasteiger partial charge in [-0.3, -0.25) is 9.69 Å². The van der Waals surface area contributed by atoms with Gasteiger partial charge >= 0.3 is 0 Å². The molecule has 3 aliphatic rings. The lowest BCUT2D eigenvalue weighted by Gasteiger charge is -2.40. The van der Waals surface area contributed by atoms with Crippen LogP contribution in [0, 0.1) is 0 Å². The van der Waals surface area contributed by atoms with Crippen LogP contribution >= 0.6 is 11.3 Å². The fourth-order valence-corrected chi connectivity index (χ4v) is 6.16. The van der Waals surface area contributed by atoms with Gasteiger partial charge in [0.2, 0.25) is 0 Å². The predicted octanol–water partition coefficient (Wildman–Crippen LogP) is 2.69. The SMILES string of the molecule is CN1Cc2ccccc2CC1CNC(=O)c1cc2c(s1)CCOC21CCNCC1. The van der Waals surface area contributed by atoms with E-state index in [0.717, 1.165) is 56.8 Å². The fraction of sp³-hybridized carbons (Fsp3) is 0.522. The van der Waals surface area contributed by atoms with Crippen LogP contribution in [0.1, 0.15) is 44.1 Å². The van der Waals surface area contributed by atoms with Crippen molar-refractivity contribution in [1.82, 2.24) is 15.5 Å². The molecular weight excluding hydrogens is 382 g/mol. The molecule has 3 aliphatic heterocycles. The zero-order valence-corrected chi connectivity index (χ0v) is 17.8. The molecule has 2 aromatic rings. The van der Waals surface area contributed by atoms with E-state index in [1.165, 1.54) is 21.6 Å². The molecular formula is C23H29N3O2S. The van der Waals surface area contributed by atoms with Crippen molar-refractivity contribution < 1.29 is 9.53 Å². The van der Waals surface area contributed by atoms with Crippen molar-refractivity contribution in [3.8, 4) is 0 Å². The molecule has 6 heteroatoms. The Bertz CT molecular complexity index is 903. The van der Waals surface area contributed by atoms with E-state index in [0.29, 0.717) is 12.6 Å². The summed E-state index contributed by atoms with van der Waals surface area (Å²) in [6.45, 7) is 4.34. The van der Waals surface area contributed by atoms with Crippen molar-refractivity contribution in [2.75, 3.05) is 33.3 Å². The first kappa shape index (κ1) is 19.2. The Labute approximate surface area is 176 Å². The van der Waals surface area contributed by atoms with Crippen LogP contribution in [-0.2, 0) is 29.7 Å². The van der Waals surface area contributed by atoms with Crippen LogP contribution < -0.4 is 10.6 Å². The van der Waals surface area contributed by atoms with Crippen molar-refractivity contribution in [3.63, 3.8) is 0 Å². The molecule has 5 nitrogen and oxygen atoms in total. The van der Waals surface area contributed by atoms with Gasteiger partial charge in [0.25, 0.3) is 5.91 Å². The molecule has 1 saturated heterocycles. The number of nitrogens with zero attached hydrogens (tertiary/aromatic N) is 1. The number of carbonyl (C=O) groups excluding carboxylic acids is 1. The summed E-state index contributed by atoms with van der Waals surface area (Å²) in [4.78, 5) is 17.5. The largest absolute Gasteiger partial charge is 0.370 e. The summed E-state index contributed by atoms with van der Waals surface area (Å²) in [5, 5.41) is 6.63. The third kappa shape index (κ3) is 3.63. The van der Waals surface area contributed by atoms with Crippen molar-refractivity contribution in [2.24, 2.45) is 0 Å². The molecule has 0 radical (unpaired) electrons. The normalized spacial score (nSPS) is 23.4. The quantitative estimate of drug-likeness (QED) is 0.816. The van der Waals surface area contributed by atoms with Crippen LogP contribution in [0.5, 0.6) is 0 Å². The van der Waals surface area contributed by atoms with Crippen LogP contribution in [-0.4, -0.2) is 50.1 Å². The van der Waals surface area contributed by atoms with Crippen molar-refractivity contribution >= 4 is 17.2 Å². The van der Waals surface area contributed by atoms with Gasteiger partial charge in [-0.2, -0.15) is 0 Å². The summed E-state index contributed by atoms with van der Waals surface area (Å²) in [7, 11) is 2.15. The minimum Gasteiger partial charge on any atom is -0.370 e. The van der Waals surface area contributed by atoms with Gasteiger partial charge in [0.1, 0.15) is 0 Å². The molecule has 1 aromatic carbocycles. The van der Waals surface area contributed by atoms with Crippen LogP contribution in [0.2, 0.25) is 0 Å². The average Bonchev–Trinajstić information content (AvgIpc) is 3.19. The predicted molar refractivity (Wildman–Crippen MR) is 115 cm³/mol. The zero-order chi connectivity index (χ0) is 19.8. The molecule has 1 unspecified atom stereocenters. The molecule has 0 saturated carbocycles. The first-order valence-corrected chi connectivity index (χ1v) is 11.5.